The number of nitrogens with one attached hydrogen (secondary N) is 1. The number of carbonyl (C=O) groups is 1. The lowest BCUT2D eigenvalue weighted by Gasteiger charge is -2.55. The second-order valence-corrected chi connectivity index (χ2v) is 12.4. The first-order valence-electron chi connectivity index (χ1n) is 10.6. The molecule has 4 saturated carbocycles. The number of sulfone groups is 1. The van der Waals surface area contributed by atoms with Crippen molar-refractivity contribution in [2.75, 3.05) is 11.6 Å². The summed E-state index contributed by atoms with van der Waals surface area (Å²) in [6, 6.07) is 5.13. The normalized spacial score (nSPS) is 29.5. The van der Waals surface area contributed by atoms with Gasteiger partial charge in [-0.05, 0) is 68.4 Å². The van der Waals surface area contributed by atoms with Crippen molar-refractivity contribution >= 4 is 37.7 Å². The summed E-state index contributed by atoms with van der Waals surface area (Å²) in [6.07, 6.45) is 10.3. The van der Waals surface area contributed by atoms with Gasteiger partial charge >= 0.3 is 0 Å². The second-order valence-electron chi connectivity index (χ2n) is 9.54. The van der Waals surface area contributed by atoms with Crippen LogP contribution in [0.2, 0.25) is 0 Å². The number of carbonyl (C=O) groups excluding carboxylic acids is 1. The van der Waals surface area contributed by atoms with Crippen LogP contribution in [0.3, 0.4) is 0 Å². The molecule has 0 aromatic carbocycles. The summed E-state index contributed by atoms with van der Waals surface area (Å²) in [5.41, 5.74) is 0.624. The van der Waals surface area contributed by atoms with E-state index >= 15 is 0 Å². The van der Waals surface area contributed by atoms with E-state index in [1.807, 2.05) is 0 Å². The Hall–Kier alpha value is -2.33. The van der Waals surface area contributed by atoms with Crippen molar-refractivity contribution in [3.63, 3.8) is 0 Å². The van der Waals surface area contributed by atoms with E-state index in [2.05, 4.69) is 20.5 Å². The fourth-order valence-corrected chi connectivity index (χ4v) is 8.19. The van der Waals surface area contributed by atoms with Gasteiger partial charge in [0.1, 0.15) is 5.01 Å². The number of rotatable bonds is 4. The molecule has 4 aliphatic rings. The van der Waals surface area contributed by atoms with Gasteiger partial charge < -0.3 is 0 Å². The van der Waals surface area contributed by atoms with E-state index in [9.17, 15) is 13.2 Å². The highest BCUT2D eigenvalue weighted by Crippen LogP contribution is 2.61. The van der Waals surface area contributed by atoms with Crippen molar-refractivity contribution in [3.05, 3.63) is 35.1 Å². The average molecular weight is 458 g/mol. The van der Waals surface area contributed by atoms with Crippen LogP contribution >= 0.6 is 11.3 Å². The minimum absolute atomic E-state index is 0.0626. The first-order chi connectivity index (χ1) is 14.8. The lowest BCUT2D eigenvalue weighted by Crippen LogP contribution is -2.48. The van der Waals surface area contributed by atoms with Crippen molar-refractivity contribution < 1.29 is 13.2 Å². The van der Waals surface area contributed by atoms with E-state index in [4.69, 9.17) is 0 Å². The lowest BCUT2D eigenvalue weighted by molar-refractivity contribution is -0.00555. The Morgan fingerprint density at radius 2 is 1.81 bits per heavy atom. The molecule has 3 heterocycles. The van der Waals surface area contributed by atoms with Gasteiger partial charge in [0.15, 0.2) is 5.69 Å². The number of anilines is 1. The summed E-state index contributed by atoms with van der Waals surface area (Å²) in [5, 5.41) is 12.9. The number of aromatic nitrogens is 4. The number of fused-ring (bicyclic) bond motifs is 1. The fraction of sp³-hybridized carbons (Fsp3) is 0.524. The van der Waals surface area contributed by atoms with Gasteiger partial charge in [-0.25, -0.2) is 13.4 Å². The van der Waals surface area contributed by atoms with Crippen molar-refractivity contribution in [3.8, 4) is 0 Å². The van der Waals surface area contributed by atoms with Gasteiger partial charge in [0.2, 0.25) is 20.1 Å². The second kappa shape index (κ2) is 6.59. The lowest BCUT2D eigenvalue weighted by atomic mass is 9.50. The average Bonchev–Trinajstić information content (AvgIpc) is 3.32. The monoisotopic (exact) mass is 457 g/mol. The number of nitrogens with zero attached hydrogens (tertiary/aromatic N) is 4. The predicted molar refractivity (Wildman–Crippen MR) is 116 cm³/mol. The van der Waals surface area contributed by atoms with Gasteiger partial charge in [-0.15, -0.1) is 10.2 Å². The van der Waals surface area contributed by atoms with E-state index in [-0.39, 0.29) is 16.3 Å². The molecule has 0 atom stereocenters. The van der Waals surface area contributed by atoms with Crippen LogP contribution in [0.5, 0.6) is 0 Å². The maximum Gasteiger partial charge on any atom is 0.278 e. The molecule has 4 bridgehead atoms. The third-order valence-electron chi connectivity index (χ3n) is 7.20. The fourth-order valence-electron chi connectivity index (χ4n) is 6.46. The zero-order valence-electron chi connectivity index (χ0n) is 17.1. The maximum absolute atomic E-state index is 13.0. The highest BCUT2D eigenvalue weighted by molar-refractivity contribution is 7.90. The first kappa shape index (κ1) is 19.4. The number of pyridine rings is 1. The number of imidazole rings is 1. The minimum atomic E-state index is -3.59. The number of amides is 1. The molecule has 7 rings (SSSR count). The third kappa shape index (κ3) is 3.10. The van der Waals surface area contributed by atoms with Gasteiger partial charge in [0.25, 0.3) is 5.91 Å². The molecular formula is C21H23N5O3S2. The number of hydrogen-bond donors (Lipinski definition) is 1. The highest BCUT2D eigenvalue weighted by atomic mass is 32.2. The molecule has 8 nitrogen and oxygen atoms in total. The molecule has 0 spiro atoms. The van der Waals surface area contributed by atoms with Gasteiger partial charge in [0, 0.05) is 17.9 Å². The minimum Gasteiger partial charge on any atom is -0.295 e. The van der Waals surface area contributed by atoms with Crippen molar-refractivity contribution in [2.45, 2.75) is 49.1 Å². The van der Waals surface area contributed by atoms with E-state index in [1.165, 1.54) is 54.3 Å². The summed E-state index contributed by atoms with van der Waals surface area (Å²) in [7, 11) is -3.59. The molecule has 10 heteroatoms. The Bertz CT molecular complexity index is 1270. The predicted octanol–water partition coefficient (Wildman–Crippen LogP) is 3.31. The highest BCUT2D eigenvalue weighted by Gasteiger charge is 2.53. The van der Waals surface area contributed by atoms with Crippen LogP contribution in [0.1, 0.15) is 54.0 Å². The molecule has 4 fully saturated rings. The van der Waals surface area contributed by atoms with Crippen LogP contribution < -0.4 is 5.32 Å². The molecule has 162 valence electrons. The molecule has 0 saturated heterocycles. The van der Waals surface area contributed by atoms with Crippen LogP contribution in [0, 0.1) is 17.8 Å². The SMILES string of the molecule is CS(=O)(=O)c1nc(C(=O)Nc2nnc(C34CC5CC(CC(C5)C3)C4)s2)c2ccccn12. The Labute approximate surface area is 184 Å². The zero-order chi connectivity index (χ0) is 21.4. The van der Waals surface area contributed by atoms with Gasteiger partial charge in [0.05, 0.1) is 5.52 Å². The first-order valence-corrected chi connectivity index (χ1v) is 13.3. The molecule has 3 aromatic rings. The molecule has 0 unspecified atom stereocenters. The molecule has 0 aliphatic heterocycles. The van der Waals surface area contributed by atoms with E-state index in [1.54, 1.807) is 24.4 Å². The third-order valence-corrected chi connectivity index (χ3v) is 9.24. The standard InChI is InChI=1S/C21H23N5O3S2/c1-31(28,29)20-22-16(15-4-2-3-5-26(15)20)17(27)23-19-25-24-18(30-19)21-9-12-6-13(10-21)8-14(7-12)11-21/h2-5,12-14H,6-11H2,1H3,(H,23,25,27). The zero-order valence-corrected chi connectivity index (χ0v) is 18.7. The summed E-state index contributed by atoms with van der Waals surface area (Å²) < 4.78 is 25.7. The Morgan fingerprint density at radius 3 is 2.45 bits per heavy atom. The summed E-state index contributed by atoms with van der Waals surface area (Å²) in [4.78, 5) is 17.1. The van der Waals surface area contributed by atoms with Crippen LogP contribution in [-0.4, -0.2) is 40.2 Å². The molecule has 0 radical (unpaired) electrons. The van der Waals surface area contributed by atoms with E-state index in [0.717, 1.165) is 29.0 Å². The Balaban J connectivity index is 1.30. The van der Waals surface area contributed by atoms with Gasteiger partial charge in [-0.1, -0.05) is 17.4 Å². The number of hydrogen-bond acceptors (Lipinski definition) is 7. The molecule has 1 amide bonds. The largest absolute Gasteiger partial charge is 0.295 e. The smallest absolute Gasteiger partial charge is 0.278 e. The van der Waals surface area contributed by atoms with Gasteiger partial charge in [-0.3, -0.25) is 14.5 Å². The summed E-state index contributed by atoms with van der Waals surface area (Å²) in [5.74, 6) is 1.94. The Kier molecular flexibility index (Phi) is 4.11. The van der Waals surface area contributed by atoms with Crippen LogP contribution in [0.15, 0.2) is 29.6 Å². The molecule has 1 N–H and O–H groups in total. The molecular weight excluding hydrogens is 434 g/mol. The van der Waals surface area contributed by atoms with Crippen LogP contribution in [-0.2, 0) is 15.3 Å². The molecule has 3 aromatic heterocycles. The Morgan fingerprint density at radius 1 is 1.13 bits per heavy atom. The summed E-state index contributed by atoms with van der Waals surface area (Å²) >= 11 is 1.46. The van der Waals surface area contributed by atoms with Crippen LogP contribution in [0.25, 0.3) is 5.52 Å². The van der Waals surface area contributed by atoms with E-state index < -0.39 is 15.7 Å². The van der Waals surface area contributed by atoms with Gasteiger partial charge in [-0.2, -0.15) is 0 Å². The summed E-state index contributed by atoms with van der Waals surface area (Å²) in [6.45, 7) is 0. The van der Waals surface area contributed by atoms with Crippen molar-refractivity contribution in [2.24, 2.45) is 17.8 Å². The van der Waals surface area contributed by atoms with E-state index in [0.29, 0.717) is 10.6 Å². The molecule has 4 aliphatic carbocycles. The quantitative estimate of drug-likeness (QED) is 0.644. The molecule has 31 heavy (non-hydrogen) atoms. The van der Waals surface area contributed by atoms with Crippen molar-refractivity contribution in [1.82, 2.24) is 19.6 Å². The maximum atomic E-state index is 13.0. The van der Waals surface area contributed by atoms with Crippen molar-refractivity contribution in [1.29, 1.82) is 0 Å². The van der Waals surface area contributed by atoms with Crippen LogP contribution in [0.4, 0.5) is 5.13 Å². The topological polar surface area (TPSA) is 106 Å².